The fraction of sp³-hybridized carbons (Fsp3) is 0.370. The number of rotatable bonds is 7. The predicted molar refractivity (Wildman–Crippen MR) is 140 cm³/mol. The van der Waals surface area contributed by atoms with Gasteiger partial charge in [-0.1, -0.05) is 20.8 Å². The van der Waals surface area contributed by atoms with Crippen LogP contribution in [0.5, 0.6) is 17.4 Å². The highest BCUT2D eigenvalue weighted by Crippen LogP contribution is 2.45. The molecule has 36 heavy (non-hydrogen) atoms. The molecule has 0 bridgehead atoms. The largest absolute Gasteiger partial charge is 0.490 e. The standard InChI is InChI=1S/C27H28N4O4S/c1-5-34-23-12-17(6-10-22(23)35-25-11-8-19(16-29-25)31(32)33)15-30-26-21(14-28)20-9-7-18(27(2,3)4)13-24(20)36-26/h6,8,10-12,15-16,18H,5,7,9,13H2,1-4H3/t18-/m1/s1. The minimum Gasteiger partial charge on any atom is -0.490 e. The van der Waals surface area contributed by atoms with Gasteiger partial charge in [0.15, 0.2) is 11.5 Å². The van der Waals surface area contributed by atoms with Crippen LogP contribution in [0.1, 0.15) is 55.7 Å². The summed E-state index contributed by atoms with van der Waals surface area (Å²) in [5.41, 5.74) is 2.77. The smallest absolute Gasteiger partial charge is 0.287 e. The van der Waals surface area contributed by atoms with E-state index in [1.165, 1.54) is 17.0 Å². The van der Waals surface area contributed by atoms with Crippen molar-refractivity contribution >= 4 is 28.2 Å². The van der Waals surface area contributed by atoms with Crippen molar-refractivity contribution in [3.05, 3.63) is 68.2 Å². The number of pyridine rings is 1. The van der Waals surface area contributed by atoms with Gasteiger partial charge in [0.1, 0.15) is 17.3 Å². The molecule has 0 saturated heterocycles. The number of nitriles is 1. The van der Waals surface area contributed by atoms with Crippen LogP contribution >= 0.6 is 11.3 Å². The summed E-state index contributed by atoms with van der Waals surface area (Å²) < 4.78 is 11.5. The number of fused-ring (bicyclic) bond motifs is 1. The Balaban J connectivity index is 1.56. The maximum atomic E-state index is 10.8. The first-order valence-electron chi connectivity index (χ1n) is 11.8. The normalized spacial score (nSPS) is 15.4. The number of hydrogen-bond acceptors (Lipinski definition) is 8. The molecule has 2 aromatic heterocycles. The number of nitro groups is 1. The Hall–Kier alpha value is -3.77. The van der Waals surface area contributed by atoms with E-state index in [0.29, 0.717) is 29.6 Å². The third kappa shape index (κ3) is 5.55. The van der Waals surface area contributed by atoms with Crippen LogP contribution in [-0.4, -0.2) is 22.7 Å². The Morgan fingerprint density at radius 2 is 2.11 bits per heavy atom. The molecule has 0 aliphatic heterocycles. The number of aliphatic imine (C=N–C) groups is 1. The van der Waals surface area contributed by atoms with Crippen LogP contribution in [0.3, 0.4) is 0 Å². The van der Waals surface area contributed by atoms with Crippen LogP contribution in [0.2, 0.25) is 0 Å². The Labute approximate surface area is 214 Å². The zero-order valence-corrected chi connectivity index (χ0v) is 21.6. The Kier molecular flexibility index (Phi) is 7.36. The number of thiophene rings is 1. The highest BCUT2D eigenvalue weighted by molar-refractivity contribution is 7.16. The molecule has 2 heterocycles. The van der Waals surface area contributed by atoms with Crippen LogP contribution in [-0.2, 0) is 12.8 Å². The molecule has 0 N–H and O–H groups in total. The van der Waals surface area contributed by atoms with Crippen molar-refractivity contribution in [2.24, 2.45) is 16.3 Å². The molecular formula is C27H28N4O4S. The zero-order valence-electron chi connectivity index (χ0n) is 20.8. The molecule has 0 saturated carbocycles. The first-order chi connectivity index (χ1) is 17.2. The monoisotopic (exact) mass is 504 g/mol. The van der Waals surface area contributed by atoms with Crippen molar-refractivity contribution in [3.63, 3.8) is 0 Å². The summed E-state index contributed by atoms with van der Waals surface area (Å²) in [6.07, 6.45) is 5.88. The molecule has 0 spiro atoms. The average Bonchev–Trinajstić information content (AvgIpc) is 3.21. The van der Waals surface area contributed by atoms with Gasteiger partial charge in [0.2, 0.25) is 5.88 Å². The highest BCUT2D eigenvalue weighted by atomic mass is 32.1. The minimum absolute atomic E-state index is 0.111. The van der Waals surface area contributed by atoms with Crippen LogP contribution in [0.4, 0.5) is 10.7 Å². The van der Waals surface area contributed by atoms with E-state index in [-0.39, 0.29) is 17.0 Å². The van der Waals surface area contributed by atoms with Gasteiger partial charge in [0, 0.05) is 23.2 Å². The van der Waals surface area contributed by atoms with Gasteiger partial charge in [-0.25, -0.2) is 9.98 Å². The SMILES string of the molecule is CCOc1cc(C=Nc2sc3c(c2C#N)CC[C@@H](C(C)(C)C)C3)ccc1Oc1ccc([N+](=O)[O-])cn1. The maximum Gasteiger partial charge on any atom is 0.287 e. The molecule has 4 rings (SSSR count). The van der Waals surface area contributed by atoms with Crippen molar-refractivity contribution in [1.82, 2.24) is 4.98 Å². The van der Waals surface area contributed by atoms with Crippen molar-refractivity contribution < 1.29 is 14.4 Å². The number of hydrogen-bond donors (Lipinski definition) is 0. The maximum absolute atomic E-state index is 10.8. The number of benzene rings is 1. The van der Waals surface area contributed by atoms with Gasteiger partial charge in [-0.15, -0.1) is 11.3 Å². The van der Waals surface area contributed by atoms with E-state index >= 15 is 0 Å². The molecular weight excluding hydrogens is 476 g/mol. The van der Waals surface area contributed by atoms with Crippen LogP contribution in [0.15, 0.2) is 41.5 Å². The van der Waals surface area contributed by atoms with E-state index in [2.05, 4.69) is 36.8 Å². The number of aromatic nitrogens is 1. The lowest BCUT2D eigenvalue weighted by Gasteiger charge is -2.33. The molecule has 1 aromatic carbocycles. The Bertz CT molecular complexity index is 1330. The third-order valence-electron chi connectivity index (χ3n) is 6.33. The lowest BCUT2D eigenvalue weighted by Crippen LogP contribution is -2.26. The fourth-order valence-electron chi connectivity index (χ4n) is 4.26. The molecule has 0 radical (unpaired) electrons. The van der Waals surface area contributed by atoms with Crippen molar-refractivity contribution in [1.29, 1.82) is 5.26 Å². The van der Waals surface area contributed by atoms with Crippen LogP contribution < -0.4 is 9.47 Å². The number of ether oxygens (including phenoxy) is 2. The fourth-order valence-corrected chi connectivity index (χ4v) is 5.48. The molecule has 9 heteroatoms. The Morgan fingerprint density at radius 3 is 2.75 bits per heavy atom. The molecule has 8 nitrogen and oxygen atoms in total. The summed E-state index contributed by atoms with van der Waals surface area (Å²) in [4.78, 5) is 20.3. The average molecular weight is 505 g/mol. The van der Waals surface area contributed by atoms with Crippen molar-refractivity contribution in [2.75, 3.05) is 6.61 Å². The molecule has 0 amide bonds. The second-order valence-electron chi connectivity index (χ2n) is 9.71. The van der Waals surface area contributed by atoms with Gasteiger partial charge < -0.3 is 9.47 Å². The molecule has 1 aliphatic rings. The molecule has 186 valence electrons. The van der Waals surface area contributed by atoms with Gasteiger partial charge in [-0.2, -0.15) is 5.26 Å². The second-order valence-corrected chi connectivity index (χ2v) is 10.8. The lowest BCUT2D eigenvalue weighted by atomic mass is 9.72. The summed E-state index contributed by atoms with van der Waals surface area (Å²) in [6.45, 7) is 9.13. The van der Waals surface area contributed by atoms with Crippen molar-refractivity contribution in [3.8, 4) is 23.4 Å². The van der Waals surface area contributed by atoms with Crippen molar-refractivity contribution in [2.45, 2.75) is 47.0 Å². The first-order valence-corrected chi connectivity index (χ1v) is 12.6. The molecule has 0 unspecified atom stereocenters. The Morgan fingerprint density at radius 1 is 1.31 bits per heavy atom. The molecule has 1 atom stereocenters. The lowest BCUT2D eigenvalue weighted by molar-refractivity contribution is -0.385. The predicted octanol–water partition coefficient (Wildman–Crippen LogP) is 7.02. The molecule has 1 aliphatic carbocycles. The van der Waals surface area contributed by atoms with Gasteiger partial charge in [0.05, 0.1) is 17.1 Å². The zero-order chi connectivity index (χ0) is 25.9. The first kappa shape index (κ1) is 25.3. The van der Waals surface area contributed by atoms with E-state index < -0.39 is 4.92 Å². The third-order valence-corrected chi connectivity index (χ3v) is 7.49. The summed E-state index contributed by atoms with van der Waals surface area (Å²) >= 11 is 1.62. The van der Waals surface area contributed by atoms with E-state index in [1.54, 1.807) is 23.6 Å². The van der Waals surface area contributed by atoms with Gasteiger partial charge in [0.25, 0.3) is 5.69 Å². The van der Waals surface area contributed by atoms with E-state index in [4.69, 9.17) is 9.47 Å². The van der Waals surface area contributed by atoms with E-state index in [1.807, 2.05) is 19.1 Å². The summed E-state index contributed by atoms with van der Waals surface area (Å²) in [5.74, 6) is 1.76. The van der Waals surface area contributed by atoms with E-state index in [9.17, 15) is 15.4 Å². The van der Waals surface area contributed by atoms with Crippen LogP contribution in [0, 0.1) is 32.8 Å². The van der Waals surface area contributed by atoms with Gasteiger partial charge >= 0.3 is 0 Å². The second kappa shape index (κ2) is 10.5. The molecule has 0 fully saturated rings. The number of nitrogens with zero attached hydrogens (tertiary/aromatic N) is 4. The summed E-state index contributed by atoms with van der Waals surface area (Å²) in [6, 6.07) is 10.5. The highest BCUT2D eigenvalue weighted by Gasteiger charge is 2.32. The topological polar surface area (TPSA) is 111 Å². The van der Waals surface area contributed by atoms with Crippen LogP contribution in [0.25, 0.3) is 0 Å². The van der Waals surface area contributed by atoms with Gasteiger partial charge in [-0.3, -0.25) is 10.1 Å². The summed E-state index contributed by atoms with van der Waals surface area (Å²) in [5, 5.41) is 21.4. The summed E-state index contributed by atoms with van der Waals surface area (Å²) in [7, 11) is 0. The quantitative estimate of drug-likeness (QED) is 0.194. The van der Waals surface area contributed by atoms with E-state index in [0.717, 1.165) is 41.6 Å². The molecule has 3 aromatic rings. The minimum atomic E-state index is -0.513. The van der Waals surface area contributed by atoms with Gasteiger partial charge in [-0.05, 0) is 66.8 Å².